The summed E-state index contributed by atoms with van der Waals surface area (Å²) in [6.07, 6.45) is 9.20. The van der Waals surface area contributed by atoms with Crippen LogP contribution >= 0.6 is 12.4 Å². The zero-order valence-corrected chi connectivity index (χ0v) is 19.2. The number of carbonyl (C=O) groups is 2. The third kappa shape index (κ3) is 4.46. The van der Waals surface area contributed by atoms with E-state index in [-0.39, 0.29) is 41.6 Å². The first-order valence-electron chi connectivity index (χ1n) is 11.6. The number of halogens is 1. The molecule has 5 aliphatic rings. The van der Waals surface area contributed by atoms with Crippen molar-refractivity contribution in [3.8, 4) is 0 Å². The van der Waals surface area contributed by atoms with E-state index in [1.165, 1.54) is 19.3 Å². The second-order valence-corrected chi connectivity index (χ2v) is 10.9. The Morgan fingerprint density at radius 1 is 1.03 bits per heavy atom. The Balaban J connectivity index is 0.00000240. The molecule has 0 aromatic carbocycles. The van der Waals surface area contributed by atoms with Gasteiger partial charge in [-0.05, 0) is 87.9 Å². The summed E-state index contributed by atoms with van der Waals surface area (Å²) in [5.74, 6) is 2.93. The Bertz CT molecular complexity index is 586. The van der Waals surface area contributed by atoms with Crippen LogP contribution in [0.3, 0.4) is 0 Å². The van der Waals surface area contributed by atoms with Gasteiger partial charge in [0.2, 0.25) is 11.8 Å². The second kappa shape index (κ2) is 8.74. The van der Waals surface area contributed by atoms with Gasteiger partial charge in [-0.15, -0.1) is 12.4 Å². The molecule has 5 nitrogen and oxygen atoms in total. The van der Waals surface area contributed by atoms with Crippen LogP contribution in [0.4, 0.5) is 0 Å². The average molecular weight is 426 g/mol. The molecule has 6 heteroatoms. The molecule has 0 radical (unpaired) electrons. The molecule has 0 aromatic heterocycles. The molecule has 3 unspecified atom stereocenters. The van der Waals surface area contributed by atoms with Crippen molar-refractivity contribution >= 4 is 24.2 Å². The van der Waals surface area contributed by atoms with Gasteiger partial charge >= 0.3 is 0 Å². The third-order valence-corrected chi connectivity index (χ3v) is 8.25. The zero-order valence-electron chi connectivity index (χ0n) is 18.4. The van der Waals surface area contributed by atoms with Crippen molar-refractivity contribution in [3.63, 3.8) is 0 Å². The van der Waals surface area contributed by atoms with Gasteiger partial charge in [0.1, 0.15) is 6.04 Å². The Morgan fingerprint density at radius 2 is 1.59 bits per heavy atom. The van der Waals surface area contributed by atoms with Crippen LogP contribution < -0.4 is 11.1 Å². The molecule has 1 saturated heterocycles. The average Bonchev–Trinajstić information content (AvgIpc) is 2.64. The van der Waals surface area contributed by atoms with Crippen LogP contribution in [0.2, 0.25) is 0 Å². The Hall–Kier alpha value is -0.810. The number of likely N-dealkylation sites (tertiary alicyclic amines) is 1. The van der Waals surface area contributed by atoms with E-state index in [9.17, 15) is 9.59 Å². The van der Waals surface area contributed by atoms with Crippen LogP contribution in [0, 0.1) is 35.0 Å². The summed E-state index contributed by atoms with van der Waals surface area (Å²) >= 11 is 0. The quantitative estimate of drug-likeness (QED) is 0.709. The lowest BCUT2D eigenvalue weighted by atomic mass is 9.49. The van der Waals surface area contributed by atoms with Crippen LogP contribution in [0.25, 0.3) is 0 Å². The zero-order chi connectivity index (χ0) is 20.1. The molecular formula is C23H40ClN3O2. The predicted molar refractivity (Wildman–Crippen MR) is 118 cm³/mol. The maximum Gasteiger partial charge on any atom is 0.245 e. The maximum atomic E-state index is 13.5. The molecule has 0 spiro atoms. The van der Waals surface area contributed by atoms with Gasteiger partial charge in [0.15, 0.2) is 0 Å². The van der Waals surface area contributed by atoms with E-state index in [1.807, 2.05) is 11.8 Å². The lowest BCUT2D eigenvalue weighted by Gasteiger charge is -2.56. The summed E-state index contributed by atoms with van der Waals surface area (Å²) in [6.45, 7) is 7.66. The fourth-order valence-corrected chi connectivity index (χ4v) is 7.03. The molecule has 4 saturated carbocycles. The van der Waals surface area contributed by atoms with E-state index >= 15 is 0 Å². The van der Waals surface area contributed by atoms with Gasteiger partial charge in [0.25, 0.3) is 0 Å². The van der Waals surface area contributed by atoms with Crippen molar-refractivity contribution in [3.05, 3.63) is 0 Å². The van der Waals surface area contributed by atoms with Crippen molar-refractivity contribution in [2.24, 2.45) is 40.7 Å². The highest BCUT2D eigenvalue weighted by molar-refractivity contribution is 5.90. The number of nitrogens with zero attached hydrogens (tertiary/aromatic N) is 1. The van der Waals surface area contributed by atoms with Gasteiger partial charge in [-0.25, -0.2) is 0 Å². The fourth-order valence-electron chi connectivity index (χ4n) is 7.03. The number of piperidine rings is 1. The molecule has 4 aliphatic carbocycles. The number of hydrogen-bond donors (Lipinski definition) is 2. The van der Waals surface area contributed by atoms with E-state index in [0.717, 1.165) is 62.9 Å². The highest BCUT2D eigenvalue weighted by atomic mass is 35.5. The van der Waals surface area contributed by atoms with Gasteiger partial charge in [0.05, 0.1) is 0 Å². The minimum atomic E-state index is -0.410. The molecule has 2 amide bonds. The van der Waals surface area contributed by atoms with Gasteiger partial charge in [-0.1, -0.05) is 13.8 Å². The van der Waals surface area contributed by atoms with Crippen LogP contribution in [-0.2, 0) is 9.59 Å². The molecule has 3 atom stereocenters. The largest absolute Gasteiger partial charge is 0.344 e. The van der Waals surface area contributed by atoms with Crippen molar-refractivity contribution in [2.45, 2.75) is 84.2 Å². The van der Waals surface area contributed by atoms with Crippen molar-refractivity contribution < 1.29 is 9.59 Å². The summed E-state index contributed by atoms with van der Waals surface area (Å²) in [7, 11) is 0. The maximum absolute atomic E-state index is 13.5. The van der Waals surface area contributed by atoms with E-state index in [4.69, 9.17) is 5.73 Å². The highest BCUT2D eigenvalue weighted by Gasteiger charge is 2.55. The number of nitrogens with one attached hydrogen (secondary N) is 1. The van der Waals surface area contributed by atoms with Crippen molar-refractivity contribution in [1.29, 1.82) is 0 Å². The SMILES string of the molecule is CC(C)C(NC(=O)C12CC3CC(CC(C3)C1)C2)C(=O)N1CCCC(C(C)N)C1.Cl. The minimum absolute atomic E-state index is 0. The number of rotatable bonds is 5. The van der Waals surface area contributed by atoms with Crippen LogP contribution in [0.5, 0.6) is 0 Å². The van der Waals surface area contributed by atoms with Crippen molar-refractivity contribution in [1.82, 2.24) is 10.2 Å². The first-order valence-corrected chi connectivity index (χ1v) is 11.6. The van der Waals surface area contributed by atoms with Crippen LogP contribution in [0.1, 0.15) is 72.1 Å². The number of carbonyl (C=O) groups excluding carboxylic acids is 2. The lowest BCUT2D eigenvalue weighted by molar-refractivity contribution is -0.151. The van der Waals surface area contributed by atoms with Crippen molar-refractivity contribution in [2.75, 3.05) is 13.1 Å². The summed E-state index contributed by atoms with van der Waals surface area (Å²) in [5, 5.41) is 3.25. The first-order chi connectivity index (χ1) is 13.3. The molecule has 5 rings (SSSR count). The van der Waals surface area contributed by atoms with Gasteiger partial charge in [-0.3, -0.25) is 9.59 Å². The molecule has 1 heterocycles. The summed E-state index contributed by atoms with van der Waals surface area (Å²) in [5.41, 5.74) is 5.91. The van der Waals surface area contributed by atoms with E-state index < -0.39 is 6.04 Å². The second-order valence-electron chi connectivity index (χ2n) is 10.9. The van der Waals surface area contributed by atoms with E-state index in [0.29, 0.717) is 5.92 Å². The molecule has 166 valence electrons. The molecule has 29 heavy (non-hydrogen) atoms. The molecule has 3 N–H and O–H groups in total. The fraction of sp³-hybridized carbons (Fsp3) is 0.913. The monoisotopic (exact) mass is 425 g/mol. The van der Waals surface area contributed by atoms with Gasteiger partial charge < -0.3 is 16.0 Å². The summed E-state index contributed by atoms with van der Waals surface area (Å²) in [6, 6.07) is -0.304. The number of hydrogen-bond acceptors (Lipinski definition) is 3. The predicted octanol–water partition coefficient (Wildman–Crippen LogP) is 3.35. The highest BCUT2D eigenvalue weighted by Crippen LogP contribution is 2.60. The van der Waals surface area contributed by atoms with E-state index in [2.05, 4.69) is 19.2 Å². The minimum Gasteiger partial charge on any atom is -0.344 e. The Kier molecular flexibility index (Phi) is 6.89. The van der Waals surface area contributed by atoms with Crippen LogP contribution in [-0.4, -0.2) is 41.9 Å². The smallest absolute Gasteiger partial charge is 0.245 e. The Morgan fingerprint density at radius 3 is 2.07 bits per heavy atom. The molecule has 4 bridgehead atoms. The van der Waals surface area contributed by atoms with Gasteiger partial charge in [0, 0.05) is 24.5 Å². The summed E-state index contributed by atoms with van der Waals surface area (Å²) in [4.78, 5) is 28.8. The lowest BCUT2D eigenvalue weighted by Crippen LogP contribution is -2.59. The molecule has 1 aliphatic heterocycles. The number of amides is 2. The third-order valence-electron chi connectivity index (χ3n) is 8.25. The first kappa shape index (κ1) is 22.9. The standard InChI is InChI=1S/C23H39N3O2.ClH/c1-14(2)20(21(27)26-6-4-5-19(13-26)15(3)24)25-22(28)23-10-16-7-17(11-23)9-18(8-16)12-23;/h14-20H,4-13,24H2,1-3H3,(H,25,28);1H. The topological polar surface area (TPSA) is 75.4 Å². The molecular weight excluding hydrogens is 386 g/mol. The molecule has 0 aromatic rings. The van der Waals surface area contributed by atoms with E-state index in [1.54, 1.807) is 0 Å². The normalized spacial score (nSPS) is 37.8. The molecule has 5 fully saturated rings. The summed E-state index contributed by atoms with van der Waals surface area (Å²) < 4.78 is 0. The van der Waals surface area contributed by atoms with Gasteiger partial charge in [-0.2, -0.15) is 0 Å². The number of nitrogens with two attached hydrogens (primary N) is 1. The van der Waals surface area contributed by atoms with Crippen LogP contribution in [0.15, 0.2) is 0 Å². The Labute approximate surface area is 182 Å².